The van der Waals surface area contributed by atoms with Crippen LogP contribution < -0.4 is 0 Å². The number of hydrogen-bond donors (Lipinski definition) is 0. The van der Waals surface area contributed by atoms with Crippen LogP contribution in [-0.4, -0.2) is 37.6 Å². The van der Waals surface area contributed by atoms with Crippen LogP contribution in [0.1, 0.15) is 48.2 Å². The molecule has 0 N–H and O–H groups in total. The third-order valence-corrected chi connectivity index (χ3v) is 5.20. The zero-order valence-corrected chi connectivity index (χ0v) is 15.6. The van der Waals surface area contributed by atoms with Crippen LogP contribution >= 0.6 is 0 Å². The highest BCUT2D eigenvalue weighted by atomic mass is 19.3. The number of fused-ring (bicyclic) bond motifs is 1. The molecule has 3 heterocycles. The Bertz CT molecular complexity index is 930. The number of aryl methyl sites for hydroxylation is 1. The minimum absolute atomic E-state index is 0.0589. The predicted molar refractivity (Wildman–Crippen MR) is 98.8 cm³/mol. The first-order valence-corrected chi connectivity index (χ1v) is 9.27. The number of halogens is 2. The topological polar surface area (TPSA) is 46.3 Å². The Balaban J connectivity index is 1.50. The molecule has 1 aromatic carbocycles. The van der Waals surface area contributed by atoms with E-state index in [1.54, 1.807) is 0 Å². The Labute approximate surface area is 157 Å². The minimum Gasteiger partial charge on any atom is -0.298 e. The average molecular weight is 371 g/mol. The molecular weight excluding hydrogens is 348 g/mol. The van der Waals surface area contributed by atoms with Gasteiger partial charge in [-0.25, -0.2) is 18.3 Å². The van der Waals surface area contributed by atoms with Gasteiger partial charge in [0.15, 0.2) is 0 Å². The van der Waals surface area contributed by atoms with E-state index in [0.29, 0.717) is 11.7 Å². The van der Waals surface area contributed by atoms with Crippen molar-refractivity contribution < 1.29 is 8.78 Å². The van der Waals surface area contributed by atoms with E-state index < -0.39 is 5.92 Å². The van der Waals surface area contributed by atoms with Gasteiger partial charge >= 0.3 is 0 Å². The molecule has 1 aliphatic rings. The van der Waals surface area contributed by atoms with Crippen LogP contribution in [-0.2, 0) is 12.5 Å². The molecule has 7 heteroatoms. The van der Waals surface area contributed by atoms with Gasteiger partial charge in [-0.15, -0.1) is 0 Å². The SMILES string of the molecule is Cc1cc(C2CCCN(Cc3ccc(C(C)(F)F)cc3)C2)n2ncnc2n1. The Morgan fingerprint density at radius 3 is 2.74 bits per heavy atom. The smallest absolute Gasteiger partial charge is 0.270 e. The first-order valence-electron chi connectivity index (χ1n) is 9.27. The third kappa shape index (κ3) is 3.83. The monoisotopic (exact) mass is 371 g/mol. The Morgan fingerprint density at radius 1 is 1.22 bits per heavy atom. The molecule has 0 amide bonds. The van der Waals surface area contributed by atoms with E-state index >= 15 is 0 Å². The molecule has 1 saturated heterocycles. The van der Waals surface area contributed by atoms with E-state index in [4.69, 9.17) is 0 Å². The highest BCUT2D eigenvalue weighted by molar-refractivity contribution is 5.32. The maximum Gasteiger partial charge on any atom is 0.270 e. The van der Waals surface area contributed by atoms with Crippen LogP contribution in [0.4, 0.5) is 8.78 Å². The molecule has 142 valence electrons. The summed E-state index contributed by atoms with van der Waals surface area (Å²) in [6.07, 6.45) is 3.72. The Morgan fingerprint density at radius 2 is 2.00 bits per heavy atom. The van der Waals surface area contributed by atoms with Crippen molar-refractivity contribution in [2.24, 2.45) is 0 Å². The molecule has 1 atom stereocenters. The molecule has 0 spiro atoms. The lowest BCUT2D eigenvalue weighted by Gasteiger charge is -2.33. The summed E-state index contributed by atoms with van der Waals surface area (Å²) in [7, 11) is 0. The summed E-state index contributed by atoms with van der Waals surface area (Å²) in [5.41, 5.74) is 3.20. The number of rotatable bonds is 4. The maximum atomic E-state index is 13.4. The summed E-state index contributed by atoms with van der Waals surface area (Å²) in [4.78, 5) is 11.0. The first kappa shape index (κ1) is 18.0. The molecule has 0 saturated carbocycles. The van der Waals surface area contributed by atoms with Gasteiger partial charge in [0.1, 0.15) is 6.33 Å². The van der Waals surface area contributed by atoms with Crippen molar-refractivity contribution >= 4 is 5.78 Å². The van der Waals surface area contributed by atoms with Crippen molar-refractivity contribution in [3.8, 4) is 0 Å². The lowest BCUT2D eigenvalue weighted by Crippen LogP contribution is -2.34. The average Bonchev–Trinajstić information content (AvgIpc) is 3.09. The summed E-state index contributed by atoms with van der Waals surface area (Å²) in [6.45, 7) is 5.58. The van der Waals surface area contributed by atoms with E-state index in [0.717, 1.165) is 56.4 Å². The van der Waals surface area contributed by atoms with Gasteiger partial charge in [0.2, 0.25) is 0 Å². The fraction of sp³-hybridized carbons (Fsp3) is 0.450. The van der Waals surface area contributed by atoms with Crippen molar-refractivity contribution in [1.82, 2.24) is 24.5 Å². The number of aromatic nitrogens is 4. The Hall–Kier alpha value is -2.41. The standard InChI is InChI=1S/C20H23F2N5/c1-14-10-18(27-19(25-14)23-13-24-27)16-4-3-9-26(12-16)11-15-5-7-17(8-6-15)20(2,21)22/h5-8,10,13,16H,3-4,9,11-12H2,1-2H3. The van der Waals surface area contributed by atoms with Gasteiger partial charge in [0.05, 0.1) is 5.69 Å². The molecule has 1 aliphatic heterocycles. The molecule has 0 radical (unpaired) electrons. The predicted octanol–water partition coefficient (Wildman–Crippen LogP) is 3.92. The van der Waals surface area contributed by atoms with Crippen LogP contribution in [0.15, 0.2) is 36.7 Å². The molecule has 1 unspecified atom stereocenters. The van der Waals surface area contributed by atoms with Gasteiger partial charge in [-0.1, -0.05) is 24.3 Å². The van der Waals surface area contributed by atoms with Crippen LogP contribution in [0, 0.1) is 6.92 Å². The summed E-state index contributed by atoms with van der Waals surface area (Å²) in [6, 6.07) is 8.77. The van der Waals surface area contributed by atoms with Gasteiger partial charge in [0.25, 0.3) is 11.7 Å². The summed E-state index contributed by atoms with van der Waals surface area (Å²) in [5, 5.41) is 4.33. The molecule has 4 rings (SSSR count). The fourth-order valence-electron chi connectivity index (χ4n) is 3.85. The molecule has 27 heavy (non-hydrogen) atoms. The van der Waals surface area contributed by atoms with E-state index in [1.165, 1.54) is 18.5 Å². The van der Waals surface area contributed by atoms with E-state index in [2.05, 4.69) is 26.0 Å². The van der Waals surface area contributed by atoms with E-state index in [9.17, 15) is 8.78 Å². The third-order valence-electron chi connectivity index (χ3n) is 5.20. The van der Waals surface area contributed by atoms with Gasteiger partial charge in [-0.05, 0) is 37.9 Å². The number of piperidine rings is 1. The molecule has 0 aliphatic carbocycles. The molecule has 3 aromatic rings. The van der Waals surface area contributed by atoms with Gasteiger partial charge in [-0.3, -0.25) is 4.90 Å². The van der Waals surface area contributed by atoms with Crippen molar-refractivity contribution in [2.45, 2.75) is 45.1 Å². The number of nitrogens with zero attached hydrogens (tertiary/aromatic N) is 5. The highest BCUT2D eigenvalue weighted by Gasteiger charge is 2.26. The normalized spacial score (nSPS) is 18.9. The van der Waals surface area contributed by atoms with Crippen LogP contribution in [0.3, 0.4) is 0 Å². The van der Waals surface area contributed by atoms with Crippen LogP contribution in [0.5, 0.6) is 0 Å². The zero-order valence-electron chi connectivity index (χ0n) is 15.6. The van der Waals surface area contributed by atoms with E-state index in [-0.39, 0.29) is 5.56 Å². The minimum atomic E-state index is -2.79. The lowest BCUT2D eigenvalue weighted by molar-refractivity contribution is 0.0174. The summed E-state index contributed by atoms with van der Waals surface area (Å²) >= 11 is 0. The first-order chi connectivity index (χ1) is 12.9. The summed E-state index contributed by atoms with van der Waals surface area (Å²) < 4.78 is 28.6. The number of likely N-dealkylation sites (tertiary alicyclic amines) is 1. The van der Waals surface area contributed by atoms with Crippen molar-refractivity contribution in [3.63, 3.8) is 0 Å². The van der Waals surface area contributed by atoms with Crippen molar-refractivity contribution in [1.29, 1.82) is 0 Å². The largest absolute Gasteiger partial charge is 0.298 e. The Kier molecular flexibility index (Phi) is 4.63. The second-order valence-electron chi connectivity index (χ2n) is 7.45. The molecule has 1 fully saturated rings. The van der Waals surface area contributed by atoms with E-state index in [1.807, 2.05) is 23.6 Å². The summed E-state index contributed by atoms with van der Waals surface area (Å²) in [5.74, 6) is -1.81. The molecule has 0 bridgehead atoms. The number of benzene rings is 1. The van der Waals surface area contributed by atoms with Crippen molar-refractivity contribution in [2.75, 3.05) is 13.1 Å². The number of alkyl halides is 2. The molecule has 2 aromatic heterocycles. The van der Waals surface area contributed by atoms with Gasteiger partial charge < -0.3 is 0 Å². The van der Waals surface area contributed by atoms with Crippen molar-refractivity contribution in [3.05, 3.63) is 59.2 Å². The second-order valence-corrected chi connectivity index (χ2v) is 7.45. The quantitative estimate of drug-likeness (QED) is 0.697. The lowest BCUT2D eigenvalue weighted by atomic mass is 9.93. The molecule has 5 nitrogen and oxygen atoms in total. The van der Waals surface area contributed by atoms with Crippen LogP contribution in [0.2, 0.25) is 0 Å². The molecular formula is C20H23F2N5. The van der Waals surface area contributed by atoms with Crippen LogP contribution in [0.25, 0.3) is 5.78 Å². The van der Waals surface area contributed by atoms with Gasteiger partial charge in [-0.2, -0.15) is 10.1 Å². The van der Waals surface area contributed by atoms with Gasteiger partial charge in [0, 0.05) is 37.2 Å². The maximum absolute atomic E-state index is 13.4. The zero-order chi connectivity index (χ0) is 19.0. The second kappa shape index (κ2) is 6.96. The number of hydrogen-bond acceptors (Lipinski definition) is 4. The highest BCUT2D eigenvalue weighted by Crippen LogP contribution is 2.29. The fourth-order valence-corrected chi connectivity index (χ4v) is 3.85.